The maximum atomic E-state index is 12.1. The summed E-state index contributed by atoms with van der Waals surface area (Å²) in [7, 11) is 0. The van der Waals surface area contributed by atoms with E-state index in [1.54, 1.807) is 6.92 Å². The molecule has 2 heterocycles. The first-order chi connectivity index (χ1) is 19.5. The van der Waals surface area contributed by atoms with Crippen LogP contribution in [0, 0.1) is 6.92 Å². The van der Waals surface area contributed by atoms with E-state index < -0.39 is 6.10 Å². The molecule has 1 aliphatic carbocycles. The van der Waals surface area contributed by atoms with Gasteiger partial charge in [0.15, 0.2) is 11.9 Å². The monoisotopic (exact) mass is 535 g/mol. The van der Waals surface area contributed by atoms with E-state index in [1.165, 1.54) is 5.56 Å². The number of nitrogens with zero attached hydrogens (tertiary/aromatic N) is 3. The summed E-state index contributed by atoms with van der Waals surface area (Å²) in [5.74, 6) is 0.706. The Morgan fingerprint density at radius 1 is 0.925 bits per heavy atom. The molecule has 6 rings (SSSR count). The minimum atomic E-state index is -1.19. The van der Waals surface area contributed by atoms with Crippen molar-refractivity contribution in [2.24, 2.45) is 0 Å². The van der Waals surface area contributed by atoms with Crippen LogP contribution in [-0.2, 0) is 14.9 Å². The Morgan fingerprint density at radius 3 is 2.23 bits per heavy atom. The third kappa shape index (κ3) is 4.94. The summed E-state index contributed by atoms with van der Waals surface area (Å²) in [5, 5.41) is 23.4. The van der Waals surface area contributed by atoms with Crippen LogP contribution in [-0.4, -0.2) is 33.0 Å². The molecule has 0 saturated heterocycles. The smallest absolute Gasteiger partial charge is 0.306 e. The molecule has 1 saturated carbocycles. The van der Waals surface area contributed by atoms with E-state index in [4.69, 9.17) is 13.7 Å². The quantitative estimate of drug-likeness (QED) is 0.215. The zero-order chi connectivity index (χ0) is 27.7. The number of benzene rings is 3. The van der Waals surface area contributed by atoms with Crippen LogP contribution in [0.15, 0.2) is 87.8 Å². The molecule has 0 radical (unpaired) electrons. The molecular formula is C32H29N3O5. The number of ether oxygens (including phenoxy) is 1. The molecule has 5 aromatic rings. The summed E-state index contributed by atoms with van der Waals surface area (Å²) < 4.78 is 16.6. The molecule has 1 aliphatic rings. The average molecular weight is 536 g/mol. The number of carbonyl (C=O) groups is 1. The SMILES string of the molecule is CCOC(=O)CC1(c2ccc(-c3ccc(-c4onc(C)c4C(O)c4nnc(-c5ccccc5)o4)cc3)cc2)CC1. The lowest BCUT2D eigenvalue weighted by Crippen LogP contribution is -2.15. The largest absolute Gasteiger partial charge is 0.466 e. The Balaban J connectivity index is 1.21. The van der Waals surface area contributed by atoms with Gasteiger partial charge in [0.25, 0.3) is 0 Å². The van der Waals surface area contributed by atoms with Gasteiger partial charge in [-0.05, 0) is 55.5 Å². The molecule has 0 amide bonds. The summed E-state index contributed by atoms with van der Waals surface area (Å²) >= 11 is 0. The zero-order valence-electron chi connectivity index (χ0n) is 22.3. The number of hydrogen-bond acceptors (Lipinski definition) is 8. The van der Waals surface area contributed by atoms with Crippen LogP contribution in [0.3, 0.4) is 0 Å². The van der Waals surface area contributed by atoms with Crippen LogP contribution in [0.25, 0.3) is 33.9 Å². The van der Waals surface area contributed by atoms with Gasteiger partial charge in [-0.15, -0.1) is 10.2 Å². The highest BCUT2D eigenvalue weighted by Gasteiger charge is 2.46. The lowest BCUT2D eigenvalue weighted by Gasteiger charge is -2.15. The molecule has 0 bridgehead atoms. The average Bonchev–Trinajstić information content (AvgIpc) is 3.40. The predicted molar refractivity (Wildman–Crippen MR) is 148 cm³/mol. The number of carbonyl (C=O) groups excluding carboxylic acids is 1. The van der Waals surface area contributed by atoms with E-state index in [0.717, 1.165) is 35.1 Å². The van der Waals surface area contributed by atoms with Gasteiger partial charge in [0, 0.05) is 16.5 Å². The van der Waals surface area contributed by atoms with Crippen molar-refractivity contribution in [2.45, 2.75) is 44.6 Å². The molecule has 0 aliphatic heterocycles. The molecule has 40 heavy (non-hydrogen) atoms. The number of aliphatic hydroxyl groups excluding tert-OH is 1. The fourth-order valence-corrected chi connectivity index (χ4v) is 5.11. The van der Waals surface area contributed by atoms with Gasteiger partial charge >= 0.3 is 5.97 Å². The molecule has 1 unspecified atom stereocenters. The normalized spacial score (nSPS) is 14.6. The van der Waals surface area contributed by atoms with Gasteiger partial charge in [0.05, 0.1) is 24.3 Å². The van der Waals surface area contributed by atoms with Crippen LogP contribution in [0.1, 0.15) is 55.0 Å². The Morgan fingerprint density at radius 2 is 1.57 bits per heavy atom. The van der Waals surface area contributed by atoms with E-state index >= 15 is 0 Å². The number of aromatic nitrogens is 3. The second-order valence-corrected chi connectivity index (χ2v) is 10.1. The number of aryl methyl sites for hydroxylation is 1. The minimum absolute atomic E-state index is 0.0690. The lowest BCUT2D eigenvalue weighted by molar-refractivity contribution is -0.143. The maximum absolute atomic E-state index is 12.1. The fourth-order valence-electron chi connectivity index (χ4n) is 5.11. The van der Waals surface area contributed by atoms with E-state index in [9.17, 15) is 9.90 Å². The molecular weight excluding hydrogens is 506 g/mol. The molecule has 1 N–H and O–H groups in total. The first kappa shape index (κ1) is 25.7. The van der Waals surface area contributed by atoms with Crippen LogP contribution >= 0.6 is 0 Å². The highest BCUT2D eigenvalue weighted by molar-refractivity contribution is 5.73. The lowest BCUT2D eigenvalue weighted by atomic mass is 9.90. The summed E-state index contributed by atoms with van der Waals surface area (Å²) in [5.41, 5.74) is 5.75. The van der Waals surface area contributed by atoms with Gasteiger partial charge in [0.1, 0.15) is 0 Å². The molecule has 1 atom stereocenters. The van der Waals surface area contributed by atoms with Gasteiger partial charge in [0.2, 0.25) is 11.8 Å². The summed E-state index contributed by atoms with van der Waals surface area (Å²) in [4.78, 5) is 12.1. The van der Waals surface area contributed by atoms with Crippen molar-refractivity contribution < 1.29 is 23.6 Å². The van der Waals surface area contributed by atoms with Crippen LogP contribution < -0.4 is 0 Å². The van der Waals surface area contributed by atoms with Gasteiger partial charge in [-0.1, -0.05) is 71.9 Å². The second kappa shape index (κ2) is 10.5. The van der Waals surface area contributed by atoms with E-state index in [0.29, 0.717) is 35.9 Å². The third-order valence-corrected chi connectivity index (χ3v) is 7.50. The topological polar surface area (TPSA) is 111 Å². The summed E-state index contributed by atoms with van der Waals surface area (Å²) in [6.45, 7) is 4.01. The first-order valence-electron chi connectivity index (χ1n) is 13.4. The van der Waals surface area contributed by atoms with Crippen molar-refractivity contribution >= 4 is 5.97 Å². The van der Waals surface area contributed by atoms with Crippen molar-refractivity contribution in [1.82, 2.24) is 15.4 Å². The Kier molecular flexibility index (Phi) is 6.77. The highest BCUT2D eigenvalue weighted by atomic mass is 16.5. The molecule has 3 aromatic carbocycles. The third-order valence-electron chi connectivity index (χ3n) is 7.50. The number of hydrogen-bond donors (Lipinski definition) is 1. The van der Waals surface area contributed by atoms with Crippen molar-refractivity contribution in [3.8, 4) is 33.9 Å². The van der Waals surface area contributed by atoms with E-state index in [-0.39, 0.29) is 17.3 Å². The minimum Gasteiger partial charge on any atom is -0.466 e. The fraction of sp³-hybridized carbons (Fsp3) is 0.250. The van der Waals surface area contributed by atoms with Gasteiger partial charge in [-0.25, -0.2) is 0 Å². The molecule has 8 nitrogen and oxygen atoms in total. The standard InChI is InChI=1S/C32H29N3O5/c1-3-38-26(36)19-32(17-18-32)25-15-13-22(14-16-25)21-9-11-23(12-10-21)29-27(20(2)35-40-29)28(37)31-34-33-30(39-31)24-7-5-4-6-8-24/h4-16,28,37H,3,17-19H2,1-2H3. The molecule has 1 fully saturated rings. The molecule has 2 aromatic heterocycles. The molecule has 202 valence electrons. The van der Waals surface area contributed by atoms with Crippen molar-refractivity contribution in [3.63, 3.8) is 0 Å². The van der Waals surface area contributed by atoms with Crippen LogP contribution in [0.4, 0.5) is 0 Å². The van der Waals surface area contributed by atoms with Crippen molar-refractivity contribution in [1.29, 1.82) is 0 Å². The van der Waals surface area contributed by atoms with E-state index in [1.807, 2.05) is 61.5 Å². The van der Waals surface area contributed by atoms with Gasteiger partial charge < -0.3 is 18.8 Å². The number of esters is 1. The number of rotatable bonds is 9. The van der Waals surface area contributed by atoms with E-state index in [2.05, 4.69) is 39.6 Å². The number of aliphatic hydroxyl groups is 1. The van der Waals surface area contributed by atoms with Crippen molar-refractivity contribution in [3.05, 3.63) is 102 Å². The maximum Gasteiger partial charge on any atom is 0.306 e. The van der Waals surface area contributed by atoms with Crippen molar-refractivity contribution in [2.75, 3.05) is 6.61 Å². The summed E-state index contributed by atoms with van der Waals surface area (Å²) in [6.07, 6.45) is 1.24. The summed E-state index contributed by atoms with van der Waals surface area (Å²) in [6, 6.07) is 25.7. The van der Waals surface area contributed by atoms with Gasteiger partial charge in [-0.2, -0.15) is 0 Å². The van der Waals surface area contributed by atoms with Crippen LogP contribution in [0.2, 0.25) is 0 Å². The highest BCUT2D eigenvalue weighted by Crippen LogP contribution is 2.51. The zero-order valence-corrected chi connectivity index (χ0v) is 22.3. The Labute approximate surface area is 231 Å². The second-order valence-electron chi connectivity index (χ2n) is 10.1. The van der Waals surface area contributed by atoms with Crippen LogP contribution in [0.5, 0.6) is 0 Å². The molecule has 0 spiro atoms. The predicted octanol–water partition coefficient (Wildman–Crippen LogP) is 6.43. The Hall–Kier alpha value is -4.56. The Bertz CT molecular complexity index is 1620. The van der Waals surface area contributed by atoms with Gasteiger partial charge in [-0.3, -0.25) is 4.79 Å². The molecule has 8 heteroatoms. The first-order valence-corrected chi connectivity index (χ1v) is 13.4.